The van der Waals surface area contributed by atoms with Crippen LogP contribution in [0.4, 0.5) is 11.4 Å². The van der Waals surface area contributed by atoms with Crippen molar-refractivity contribution in [3.05, 3.63) is 46.7 Å². The Kier molecular flexibility index (Phi) is 3.05. The molecule has 0 saturated carbocycles. The van der Waals surface area contributed by atoms with Gasteiger partial charge in [0.15, 0.2) is 0 Å². The minimum Gasteiger partial charge on any atom is -0.398 e. The molecule has 0 atom stereocenters. The molecule has 1 aromatic carbocycles. The first-order chi connectivity index (χ1) is 9.24. The summed E-state index contributed by atoms with van der Waals surface area (Å²) in [4.78, 5) is 8.57. The second-order valence-electron chi connectivity index (χ2n) is 4.35. The van der Waals surface area contributed by atoms with E-state index >= 15 is 0 Å². The topological polar surface area (TPSA) is 63.8 Å². The number of fused-ring (bicyclic) bond motifs is 1. The third-order valence-electron chi connectivity index (χ3n) is 2.98. The normalized spacial score (nSPS) is 10.8. The number of nitrogen functional groups attached to an aromatic ring is 1. The Bertz CT molecular complexity index is 707. The Hall–Kier alpha value is -2.14. The molecule has 2 heterocycles. The van der Waals surface area contributed by atoms with Gasteiger partial charge in [-0.05, 0) is 25.1 Å². The molecule has 4 nitrogen and oxygen atoms in total. The lowest BCUT2D eigenvalue weighted by Gasteiger charge is -2.10. The van der Waals surface area contributed by atoms with Gasteiger partial charge < -0.3 is 11.1 Å². The van der Waals surface area contributed by atoms with Crippen LogP contribution in [0.15, 0.2) is 36.0 Å². The van der Waals surface area contributed by atoms with Crippen molar-refractivity contribution in [3.8, 4) is 0 Å². The van der Waals surface area contributed by atoms with Gasteiger partial charge in [-0.1, -0.05) is 0 Å². The number of nitrogens with two attached hydrogens (primary N) is 1. The van der Waals surface area contributed by atoms with Crippen molar-refractivity contribution in [2.45, 2.75) is 13.5 Å². The zero-order valence-corrected chi connectivity index (χ0v) is 11.4. The summed E-state index contributed by atoms with van der Waals surface area (Å²) in [6.45, 7) is 2.70. The fourth-order valence-electron chi connectivity index (χ4n) is 2.03. The summed E-state index contributed by atoms with van der Waals surface area (Å²) in [6.07, 6.45) is 3.64. The number of hydrogen-bond acceptors (Lipinski definition) is 5. The molecule has 0 aliphatic carbocycles. The van der Waals surface area contributed by atoms with E-state index in [9.17, 15) is 0 Å². The summed E-state index contributed by atoms with van der Waals surface area (Å²) >= 11 is 1.64. The first kappa shape index (κ1) is 11.9. The van der Waals surface area contributed by atoms with Gasteiger partial charge in [0.1, 0.15) is 5.01 Å². The van der Waals surface area contributed by atoms with Gasteiger partial charge in [0.25, 0.3) is 0 Å². The number of thiazole rings is 1. The van der Waals surface area contributed by atoms with Crippen LogP contribution in [0.1, 0.15) is 10.7 Å². The molecule has 3 N–H and O–H groups in total. The molecule has 0 fully saturated rings. The summed E-state index contributed by atoms with van der Waals surface area (Å²) in [7, 11) is 0. The number of rotatable bonds is 3. The van der Waals surface area contributed by atoms with E-state index in [0.29, 0.717) is 0 Å². The predicted molar refractivity (Wildman–Crippen MR) is 80.3 cm³/mol. The van der Waals surface area contributed by atoms with Crippen molar-refractivity contribution in [1.82, 2.24) is 9.97 Å². The van der Waals surface area contributed by atoms with Gasteiger partial charge in [0.05, 0.1) is 6.54 Å². The molecule has 2 aromatic heterocycles. The Morgan fingerprint density at radius 3 is 2.95 bits per heavy atom. The smallest absolute Gasteiger partial charge is 0.112 e. The summed E-state index contributed by atoms with van der Waals surface area (Å²) in [5.41, 5.74) is 8.78. The molecule has 96 valence electrons. The zero-order chi connectivity index (χ0) is 13.2. The number of benzene rings is 1. The number of pyridine rings is 1. The number of hydrogen-bond donors (Lipinski definition) is 2. The van der Waals surface area contributed by atoms with Gasteiger partial charge in [-0.25, -0.2) is 4.98 Å². The van der Waals surface area contributed by atoms with E-state index in [1.807, 2.05) is 36.8 Å². The molecule has 0 bridgehead atoms. The standard InChI is InChI=1S/C14H14N4S/c1-9-6-10-11(7-17-9)12(15)2-3-13(10)18-8-14-16-4-5-19-14/h2-7,18H,8,15H2,1H3. The van der Waals surface area contributed by atoms with Gasteiger partial charge in [-0.2, -0.15) is 0 Å². The Balaban J connectivity index is 1.98. The molecule has 0 unspecified atom stereocenters. The van der Waals surface area contributed by atoms with Gasteiger partial charge in [0, 0.05) is 45.6 Å². The highest BCUT2D eigenvalue weighted by Gasteiger charge is 2.05. The molecular weight excluding hydrogens is 256 g/mol. The Morgan fingerprint density at radius 1 is 1.26 bits per heavy atom. The van der Waals surface area contributed by atoms with Crippen LogP contribution in [0.3, 0.4) is 0 Å². The molecule has 19 heavy (non-hydrogen) atoms. The molecule has 0 saturated heterocycles. The van der Waals surface area contributed by atoms with E-state index in [-0.39, 0.29) is 0 Å². The predicted octanol–water partition coefficient (Wildman–Crippen LogP) is 3.19. The van der Waals surface area contributed by atoms with Crippen LogP contribution in [0, 0.1) is 6.92 Å². The maximum atomic E-state index is 5.99. The van der Waals surface area contributed by atoms with Crippen LogP contribution in [0.25, 0.3) is 10.8 Å². The van der Waals surface area contributed by atoms with Gasteiger partial charge >= 0.3 is 0 Å². The lowest BCUT2D eigenvalue weighted by Crippen LogP contribution is -2.01. The lowest BCUT2D eigenvalue weighted by atomic mass is 10.1. The molecule has 5 heteroatoms. The Labute approximate surface area is 115 Å². The van der Waals surface area contributed by atoms with Crippen LogP contribution in [0.2, 0.25) is 0 Å². The monoisotopic (exact) mass is 270 g/mol. The minimum absolute atomic E-state index is 0.720. The average molecular weight is 270 g/mol. The second-order valence-corrected chi connectivity index (χ2v) is 5.33. The van der Waals surface area contributed by atoms with Crippen LogP contribution in [-0.2, 0) is 6.54 Å². The van der Waals surface area contributed by atoms with Gasteiger partial charge in [-0.3, -0.25) is 4.98 Å². The van der Waals surface area contributed by atoms with Crippen LogP contribution in [-0.4, -0.2) is 9.97 Å². The molecule has 3 aromatic rings. The number of anilines is 2. The van der Waals surface area contributed by atoms with Crippen molar-refractivity contribution in [2.24, 2.45) is 0 Å². The Morgan fingerprint density at radius 2 is 2.16 bits per heavy atom. The number of aromatic nitrogens is 2. The molecule has 0 amide bonds. The van der Waals surface area contributed by atoms with Crippen molar-refractivity contribution >= 4 is 33.5 Å². The first-order valence-electron chi connectivity index (χ1n) is 6.01. The number of aryl methyl sites for hydroxylation is 1. The SMILES string of the molecule is Cc1cc2c(NCc3nccs3)ccc(N)c2cn1. The average Bonchev–Trinajstić information content (AvgIpc) is 2.91. The molecule has 0 spiro atoms. The van der Waals surface area contributed by atoms with E-state index in [4.69, 9.17) is 5.73 Å². The maximum absolute atomic E-state index is 5.99. The zero-order valence-electron chi connectivity index (χ0n) is 10.6. The molecular formula is C14H14N4S. The molecule has 0 aliphatic heterocycles. The van der Waals surface area contributed by atoms with E-state index in [1.54, 1.807) is 11.3 Å². The quantitative estimate of drug-likeness (QED) is 0.717. The summed E-state index contributed by atoms with van der Waals surface area (Å²) in [5, 5.41) is 8.54. The summed E-state index contributed by atoms with van der Waals surface area (Å²) < 4.78 is 0. The van der Waals surface area contributed by atoms with E-state index in [0.717, 1.165) is 39.4 Å². The van der Waals surface area contributed by atoms with Gasteiger partial charge in [-0.15, -0.1) is 11.3 Å². The maximum Gasteiger partial charge on any atom is 0.112 e. The minimum atomic E-state index is 0.720. The third kappa shape index (κ3) is 2.37. The van der Waals surface area contributed by atoms with Crippen LogP contribution >= 0.6 is 11.3 Å². The second kappa shape index (κ2) is 4.85. The van der Waals surface area contributed by atoms with Crippen molar-refractivity contribution in [2.75, 3.05) is 11.1 Å². The van der Waals surface area contributed by atoms with E-state index in [1.165, 1.54) is 0 Å². The molecule has 0 aliphatic rings. The van der Waals surface area contributed by atoms with Crippen molar-refractivity contribution in [3.63, 3.8) is 0 Å². The largest absolute Gasteiger partial charge is 0.398 e. The highest BCUT2D eigenvalue weighted by atomic mass is 32.1. The number of nitrogens with one attached hydrogen (secondary N) is 1. The van der Waals surface area contributed by atoms with E-state index in [2.05, 4.69) is 21.4 Å². The fourth-order valence-corrected chi connectivity index (χ4v) is 2.59. The lowest BCUT2D eigenvalue weighted by molar-refractivity contribution is 1.11. The molecule has 0 radical (unpaired) electrons. The fraction of sp³-hybridized carbons (Fsp3) is 0.143. The van der Waals surface area contributed by atoms with Crippen LogP contribution < -0.4 is 11.1 Å². The van der Waals surface area contributed by atoms with Crippen molar-refractivity contribution < 1.29 is 0 Å². The molecule has 3 rings (SSSR count). The highest BCUT2D eigenvalue weighted by molar-refractivity contribution is 7.09. The summed E-state index contributed by atoms with van der Waals surface area (Å²) in [5.74, 6) is 0. The third-order valence-corrected chi connectivity index (χ3v) is 3.76. The first-order valence-corrected chi connectivity index (χ1v) is 6.89. The summed E-state index contributed by atoms with van der Waals surface area (Å²) in [6, 6.07) is 5.96. The van der Waals surface area contributed by atoms with Crippen LogP contribution in [0.5, 0.6) is 0 Å². The van der Waals surface area contributed by atoms with Gasteiger partial charge in [0.2, 0.25) is 0 Å². The van der Waals surface area contributed by atoms with E-state index < -0.39 is 0 Å². The highest BCUT2D eigenvalue weighted by Crippen LogP contribution is 2.28. The number of nitrogens with zero attached hydrogens (tertiary/aromatic N) is 2. The van der Waals surface area contributed by atoms with Crippen molar-refractivity contribution in [1.29, 1.82) is 0 Å².